The molecule has 7 nitrogen and oxygen atoms in total. The summed E-state index contributed by atoms with van der Waals surface area (Å²) in [6.07, 6.45) is -16.8. The van der Waals surface area contributed by atoms with Crippen LogP contribution in [-0.4, -0.2) is 54.9 Å². The molecule has 3 rings (SSSR count). The first-order valence-corrected chi connectivity index (χ1v) is 11.1. The Balaban J connectivity index is 1.95. The average molecular weight is 552 g/mol. The number of Topliss-reactive ketones (excluding diaryl/α,β-unsaturated/α-hetero) is 1. The number of nitrogens with zero attached hydrogens (tertiary/aromatic N) is 3. The Morgan fingerprint density at radius 2 is 1.54 bits per heavy atom. The van der Waals surface area contributed by atoms with Gasteiger partial charge in [-0.1, -0.05) is 41.9 Å². The van der Waals surface area contributed by atoms with Gasteiger partial charge in [0.15, 0.2) is 23.8 Å². The van der Waals surface area contributed by atoms with Crippen LogP contribution in [0, 0.1) is 0 Å². The van der Waals surface area contributed by atoms with Gasteiger partial charge in [-0.25, -0.2) is 9.48 Å². The number of hydrogen-bond acceptors (Lipinski definition) is 5. The quantitative estimate of drug-likeness (QED) is 0.393. The maximum absolute atomic E-state index is 13.3. The van der Waals surface area contributed by atoms with Crippen molar-refractivity contribution in [1.82, 2.24) is 14.3 Å². The summed E-state index contributed by atoms with van der Waals surface area (Å²) in [5.74, 6) is -2.97. The molecule has 2 N–H and O–H groups in total. The number of aromatic nitrogens is 3. The van der Waals surface area contributed by atoms with Crippen LogP contribution in [-0.2, 0) is 17.9 Å². The van der Waals surface area contributed by atoms with Crippen molar-refractivity contribution in [1.29, 1.82) is 0 Å². The number of aliphatic hydroxyl groups excluding tert-OH is 2. The molecule has 0 bridgehead atoms. The van der Waals surface area contributed by atoms with E-state index in [9.17, 15) is 46.1 Å². The third-order valence-electron chi connectivity index (χ3n) is 5.48. The van der Waals surface area contributed by atoms with Crippen LogP contribution in [0.25, 0.3) is 11.4 Å². The number of carbonyl (C=O) groups is 1. The highest BCUT2D eigenvalue weighted by atomic mass is 35.5. The second-order valence-electron chi connectivity index (χ2n) is 8.19. The fourth-order valence-electron chi connectivity index (χ4n) is 3.61. The van der Waals surface area contributed by atoms with Crippen molar-refractivity contribution in [3.63, 3.8) is 0 Å². The van der Waals surface area contributed by atoms with Gasteiger partial charge in [0.1, 0.15) is 6.54 Å². The van der Waals surface area contributed by atoms with Crippen molar-refractivity contribution in [2.75, 3.05) is 0 Å². The second kappa shape index (κ2) is 11.1. The lowest BCUT2D eigenvalue weighted by molar-refractivity contribution is -0.211. The molecule has 0 saturated carbocycles. The van der Waals surface area contributed by atoms with Crippen molar-refractivity contribution < 1.29 is 41.4 Å². The molecule has 2 unspecified atom stereocenters. The number of halogens is 7. The molecule has 37 heavy (non-hydrogen) atoms. The Morgan fingerprint density at radius 1 is 0.946 bits per heavy atom. The molecule has 0 spiro atoms. The molecule has 14 heteroatoms. The van der Waals surface area contributed by atoms with Gasteiger partial charge >= 0.3 is 18.0 Å². The number of alkyl halides is 6. The van der Waals surface area contributed by atoms with Crippen LogP contribution in [0.1, 0.15) is 17.9 Å². The lowest BCUT2D eigenvalue weighted by Gasteiger charge is -2.24. The summed E-state index contributed by atoms with van der Waals surface area (Å²) in [6.45, 7) is -2.13. The molecule has 0 amide bonds. The maximum atomic E-state index is 13.3. The molecule has 200 valence electrons. The monoisotopic (exact) mass is 551 g/mol. The molecule has 0 saturated heterocycles. The van der Waals surface area contributed by atoms with E-state index in [0.29, 0.717) is 9.25 Å². The van der Waals surface area contributed by atoms with Crippen LogP contribution in [0.3, 0.4) is 0 Å². The summed E-state index contributed by atoms with van der Waals surface area (Å²) in [7, 11) is 0. The van der Waals surface area contributed by atoms with Crippen molar-refractivity contribution in [3.05, 3.63) is 75.7 Å². The summed E-state index contributed by atoms with van der Waals surface area (Å²) in [5.41, 5.74) is -1.04. The Morgan fingerprint density at radius 3 is 2.08 bits per heavy atom. The highest BCUT2D eigenvalue weighted by molar-refractivity contribution is 6.30. The molecule has 0 aliphatic heterocycles. The fraction of sp³-hybridized carbons (Fsp3) is 0.348. The predicted molar refractivity (Wildman–Crippen MR) is 120 cm³/mol. The van der Waals surface area contributed by atoms with Gasteiger partial charge in [0, 0.05) is 22.9 Å². The average Bonchev–Trinajstić information content (AvgIpc) is 3.11. The first-order chi connectivity index (χ1) is 17.2. The minimum atomic E-state index is -5.06. The van der Waals surface area contributed by atoms with Crippen molar-refractivity contribution >= 4 is 17.4 Å². The number of hydrogen-bond donors (Lipinski definition) is 2. The van der Waals surface area contributed by atoms with E-state index in [-0.39, 0.29) is 22.0 Å². The van der Waals surface area contributed by atoms with Crippen LogP contribution < -0.4 is 5.69 Å². The van der Waals surface area contributed by atoms with E-state index in [1.165, 1.54) is 54.6 Å². The third kappa shape index (κ3) is 6.99. The van der Waals surface area contributed by atoms with Crippen LogP contribution in [0.4, 0.5) is 26.3 Å². The van der Waals surface area contributed by atoms with E-state index in [1.54, 1.807) is 0 Å². The summed E-state index contributed by atoms with van der Waals surface area (Å²) in [4.78, 5) is 25.6. The first-order valence-electron chi connectivity index (χ1n) is 10.7. The topological polar surface area (TPSA) is 97.3 Å². The minimum Gasteiger partial charge on any atom is -0.383 e. The van der Waals surface area contributed by atoms with Crippen LogP contribution in [0.15, 0.2) is 59.4 Å². The molecule has 3 atom stereocenters. The molecule has 0 fully saturated rings. The SMILES string of the molecule is O=C(CC(c1ccccc1)C(O)C(F)(F)F)Cn1nc(-c2ccc(Cl)cc2)n(C[C@H](O)C(F)(F)F)c1=O. The number of aliphatic hydroxyl groups is 2. The smallest absolute Gasteiger partial charge is 0.383 e. The maximum Gasteiger partial charge on any atom is 0.416 e. The van der Waals surface area contributed by atoms with Gasteiger partial charge in [0.05, 0.1) is 6.54 Å². The number of rotatable bonds is 9. The lowest BCUT2D eigenvalue weighted by atomic mass is 9.88. The Kier molecular flexibility index (Phi) is 8.50. The van der Waals surface area contributed by atoms with Gasteiger partial charge in [0.25, 0.3) is 0 Å². The van der Waals surface area contributed by atoms with E-state index in [1.807, 2.05) is 0 Å². The minimum absolute atomic E-state index is 0.0219. The highest BCUT2D eigenvalue weighted by Gasteiger charge is 2.44. The Bertz CT molecular complexity index is 1270. The number of benzene rings is 2. The van der Waals surface area contributed by atoms with Gasteiger partial charge in [-0.2, -0.15) is 26.3 Å². The summed E-state index contributed by atoms with van der Waals surface area (Å²) in [6, 6.07) is 12.4. The largest absolute Gasteiger partial charge is 0.416 e. The van der Waals surface area contributed by atoms with Gasteiger partial charge < -0.3 is 10.2 Å². The molecule has 0 aliphatic rings. The normalized spacial score (nSPS) is 14.8. The Hall–Kier alpha value is -3.16. The van der Waals surface area contributed by atoms with E-state index in [2.05, 4.69) is 5.10 Å². The van der Waals surface area contributed by atoms with Gasteiger partial charge in [-0.3, -0.25) is 9.36 Å². The van der Waals surface area contributed by atoms with Gasteiger partial charge in [-0.05, 0) is 29.8 Å². The molecule has 1 aromatic heterocycles. The van der Waals surface area contributed by atoms with Crippen LogP contribution in [0.2, 0.25) is 5.02 Å². The van der Waals surface area contributed by atoms with Crippen molar-refractivity contribution in [2.45, 2.75) is 50.0 Å². The summed E-state index contributed by atoms with van der Waals surface area (Å²) >= 11 is 5.82. The molecular weight excluding hydrogens is 532 g/mol. The molecule has 0 radical (unpaired) electrons. The highest BCUT2D eigenvalue weighted by Crippen LogP contribution is 2.34. The van der Waals surface area contributed by atoms with E-state index in [0.717, 1.165) is 0 Å². The number of carbonyl (C=O) groups excluding carboxylic acids is 1. The second-order valence-corrected chi connectivity index (χ2v) is 8.62. The lowest BCUT2D eigenvalue weighted by Crippen LogP contribution is -2.38. The molecular formula is C23H20ClF6N3O4. The van der Waals surface area contributed by atoms with Crippen LogP contribution in [0.5, 0.6) is 0 Å². The molecule has 3 aromatic rings. The van der Waals surface area contributed by atoms with Crippen LogP contribution >= 0.6 is 11.6 Å². The molecule has 2 aromatic carbocycles. The van der Waals surface area contributed by atoms with Crippen molar-refractivity contribution in [2.24, 2.45) is 0 Å². The summed E-state index contributed by atoms with van der Waals surface area (Å²) < 4.78 is 79.7. The Labute approximate surface area is 210 Å². The predicted octanol–water partition coefficient (Wildman–Crippen LogP) is 3.95. The molecule has 1 heterocycles. The zero-order valence-electron chi connectivity index (χ0n) is 18.7. The standard InChI is InChI=1S/C23H20ClF6N3O4/c24-15-8-6-14(7-9-15)20-31-33(21(37)32(20)12-18(35)22(25,26)27)11-16(34)10-17(19(36)23(28,29)30)13-4-2-1-3-5-13/h1-9,17-19,35-36H,10-12H2/t17?,18-,19?/m0/s1. The third-order valence-corrected chi connectivity index (χ3v) is 5.73. The van der Waals surface area contributed by atoms with E-state index in [4.69, 9.17) is 11.6 Å². The summed E-state index contributed by atoms with van der Waals surface area (Å²) in [5, 5.41) is 23.5. The van der Waals surface area contributed by atoms with Gasteiger partial charge in [-0.15, -0.1) is 5.10 Å². The van der Waals surface area contributed by atoms with E-state index >= 15 is 0 Å². The molecule has 0 aliphatic carbocycles. The zero-order valence-corrected chi connectivity index (χ0v) is 19.5. The number of ketones is 1. The van der Waals surface area contributed by atoms with Gasteiger partial charge in [0.2, 0.25) is 0 Å². The first kappa shape index (κ1) is 28.4. The van der Waals surface area contributed by atoms with E-state index < -0.39 is 61.5 Å². The van der Waals surface area contributed by atoms with Crippen molar-refractivity contribution in [3.8, 4) is 11.4 Å². The fourth-order valence-corrected chi connectivity index (χ4v) is 3.74. The zero-order chi connectivity index (χ0) is 27.5.